The summed E-state index contributed by atoms with van der Waals surface area (Å²) in [6.45, 7) is 2.04. The average Bonchev–Trinajstić information content (AvgIpc) is 3.00. The Labute approximate surface area is 138 Å². The summed E-state index contributed by atoms with van der Waals surface area (Å²) in [4.78, 5) is 26.4. The fraction of sp³-hybridized carbons (Fsp3) is 0.375. The van der Waals surface area contributed by atoms with Crippen LogP contribution in [0, 0.1) is 0 Å². The minimum atomic E-state index is -0.177. The summed E-state index contributed by atoms with van der Waals surface area (Å²) >= 11 is 1.12. The van der Waals surface area contributed by atoms with Gasteiger partial charge < -0.3 is 10.2 Å². The molecule has 1 aromatic heterocycles. The summed E-state index contributed by atoms with van der Waals surface area (Å²) < 4.78 is 3.88. The summed E-state index contributed by atoms with van der Waals surface area (Å²) in [6.07, 6.45) is 2.87. The van der Waals surface area contributed by atoms with E-state index in [4.69, 9.17) is 0 Å². The van der Waals surface area contributed by atoms with E-state index in [1.54, 1.807) is 11.9 Å². The van der Waals surface area contributed by atoms with E-state index < -0.39 is 0 Å². The number of hydrogen-bond acceptors (Lipinski definition) is 5. The van der Waals surface area contributed by atoms with Crippen molar-refractivity contribution in [1.82, 2.24) is 9.59 Å². The molecule has 2 heterocycles. The number of nitrogens with zero attached hydrogens (tertiary/aromatic N) is 3. The van der Waals surface area contributed by atoms with E-state index in [1.165, 1.54) is 0 Å². The van der Waals surface area contributed by atoms with E-state index in [-0.39, 0.29) is 11.8 Å². The molecule has 0 saturated carbocycles. The van der Waals surface area contributed by atoms with Crippen LogP contribution < -0.4 is 10.2 Å². The summed E-state index contributed by atoms with van der Waals surface area (Å²) in [6, 6.07) is 5.63. The molecule has 0 unspecified atom stereocenters. The van der Waals surface area contributed by atoms with Crippen LogP contribution in [0.1, 0.15) is 40.7 Å². The first-order valence-corrected chi connectivity index (χ1v) is 8.39. The first-order chi connectivity index (χ1) is 11.1. The second kappa shape index (κ2) is 6.45. The highest BCUT2D eigenvalue weighted by Gasteiger charge is 2.22. The molecule has 23 heavy (non-hydrogen) atoms. The van der Waals surface area contributed by atoms with Crippen molar-refractivity contribution in [3.05, 3.63) is 34.3 Å². The second-order valence-corrected chi connectivity index (χ2v) is 6.30. The van der Waals surface area contributed by atoms with E-state index in [2.05, 4.69) is 14.9 Å². The number of anilines is 2. The summed E-state index contributed by atoms with van der Waals surface area (Å²) in [7, 11) is 1.78. The van der Waals surface area contributed by atoms with Gasteiger partial charge in [0.1, 0.15) is 4.88 Å². The molecule has 7 heteroatoms. The molecule has 6 nitrogen and oxygen atoms in total. The van der Waals surface area contributed by atoms with Gasteiger partial charge in [0.05, 0.1) is 5.69 Å². The van der Waals surface area contributed by atoms with Crippen LogP contribution in [-0.4, -0.2) is 28.4 Å². The highest BCUT2D eigenvalue weighted by Crippen LogP contribution is 2.29. The van der Waals surface area contributed by atoms with Gasteiger partial charge in [-0.05, 0) is 48.1 Å². The minimum absolute atomic E-state index is 0.120. The molecule has 1 aliphatic rings. The number of hydrogen-bond donors (Lipinski definition) is 1. The van der Waals surface area contributed by atoms with E-state index in [1.807, 2.05) is 25.1 Å². The number of fused-ring (bicyclic) bond motifs is 1. The molecule has 0 saturated heterocycles. The third kappa shape index (κ3) is 3.10. The monoisotopic (exact) mass is 330 g/mol. The smallest absolute Gasteiger partial charge is 0.269 e. The maximum Gasteiger partial charge on any atom is 0.269 e. The van der Waals surface area contributed by atoms with E-state index in [0.29, 0.717) is 17.7 Å². The Morgan fingerprint density at radius 3 is 3.00 bits per heavy atom. The van der Waals surface area contributed by atoms with Gasteiger partial charge in [0, 0.05) is 24.8 Å². The number of nitrogens with one attached hydrogen (secondary N) is 1. The van der Waals surface area contributed by atoms with Crippen molar-refractivity contribution < 1.29 is 9.59 Å². The molecule has 1 N–H and O–H groups in total. The van der Waals surface area contributed by atoms with Crippen molar-refractivity contribution in [2.75, 3.05) is 17.3 Å². The van der Waals surface area contributed by atoms with Crippen molar-refractivity contribution in [3.8, 4) is 0 Å². The highest BCUT2D eigenvalue weighted by molar-refractivity contribution is 7.08. The van der Waals surface area contributed by atoms with E-state index in [9.17, 15) is 9.59 Å². The quantitative estimate of drug-likeness (QED) is 0.935. The van der Waals surface area contributed by atoms with Crippen LogP contribution >= 0.6 is 11.5 Å². The predicted octanol–water partition coefficient (Wildman–Crippen LogP) is 2.65. The molecule has 0 fully saturated rings. The maximum atomic E-state index is 12.4. The third-order valence-electron chi connectivity index (χ3n) is 3.93. The lowest BCUT2D eigenvalue weighted by Crippen LogP contribution is -2.31. The van der Waals surface area contributed by atoms with Crippen LogP contribution in [0.5, 0.6) is 0 Å². The Hall–Kier alpha value is -2.28. The molecule has 1 aliphatic heterocycles. The fourth-order valence-corrected chi connectivity index (χ4v) is 3.31. The minimum Gasteiger partial charge on any atom is -0.321 e. The fourth-order valence-electron chi connectivity index (χ4n) is 2.70. The number of amides is 2. The molecule has 2 amide bonds. The zero-order chi connectivity index (χ0) is 16.4. The number of carbonyl (C=O) groups excluding carboxylic acids is 2. The summed E-state index contributed by atoms with van der Waals surface area (Å²) in [5.74, 6) is -0.0575. The highest BCUT2D eigenvalue weighted by atomic mass is 32.1. The Morgan fingerprint density at radius 2 is 2.22 bits per heavy atom. The van der Waals surface area contributed by atoms with E-state index >= 15 is 0 Å². The molecular weight excluding hydrogens is 312 g/mol. The van der Waals surface area contributed by atoms with Crippen molar-refractivity contribution in [1.29, 1.82) is 0 Å². The molecule has 1 aromatic carbocycles. The first-order valence-electron chi connectivity index (χ1n) is 7.62. The van der Waals surface area contributed by atoms with Gasteiger partial charge >= 0.3 is 0 Å². The topological polar surface area (TPSA) is 75.2 Å². The number of aryl methyl sites for hydroxylation is 2. The van der Waals surface area contributed by atoms with Crippen LogP contribution in [0.3, 0.4) is 0 Å². The van der Waals surface area contributed by atoms with Crippen LogP contribution in [0.4, 0.5) is 11.4 Å². The van der Waals surface area contributed by atoms with Crippen molar-refractivity contribution in [3.63, 3.8) is 0 Å². The van der Waals surface area contributed by atoms with Crippen molar-refractivity contribution in [2.45, 2.75) is 32.6 Å². The number of carbonyl (C=O) groups is 2. The van der Waals surface area contributed by atoms with Crippen LogP contribution in [0.2, 0.25) is 0 Å². The van der Waals surface area contributed by atoms with Crippen LogP contribution in [-0.2, 0) is 17.6 Å². The van der Waals surface area contributed by atoms with Gasteiger partial charge in [-0.15, -0.1) is 5.10 Å². The van der Waals surface area contributed by atoms with Crippen LogP contribution in [0.25, 0.3) is 0 Å². The molecule has 0 spiro atoms. The van der Waals surface area contributed by atoms with Gasteiger partial charge in [-0.3, -0.25) is 9.59 Å². The normalized spacial score (nSPS) is 13.8. The second-order valence-electron chi connectivity index (χ2n) is 5.55. The first kappa shape index (κ1) is 15.6. The SMILES string of the molecule is CCCc1nnsc1C(=O)Nc1ccc2c(c1)CCC(=O)N2C. The van der Waals surface area contributed by atoms with Crippen molar-refractivity contribution in [2.24, 2.45) is 0 Å². The molecule has 3 rings (SSSR count). The van der Waals surface area contributed by atoms with Gasteiger partial charge in [-0.1, -0.05) is 17.8 Å². The average molecular weight is 330 g/mol. The summed E-state index contributed by atoms with van der Waals surface area (Å²) in [5.41, 5.74) is 3.46. The molecule has 2 aromatic rings. The maximum absolute atomic E-state index is 12.4. The van der Waals surface area contributed by atoms with Gasteiger partial charge in [-0.25, -0.2) is 0 Å². The largest absolute Gasteiger partial charge is 0.321 e. The Bertz CT molecular complexity index is 756. The summed E-state index contributed by atoms with van der Waals surface area (Å²) in [5, 5.41) is 6.93. The molecule has 0 radical (unpaired) electrons. The van der Waals surface area contributed by atoms with Crippen LogP contribution in [0.15, 0.2) is 18.2 Å². The Balaban J connectivity index is 1.79. The van der Waals surface area contributed by atoms with E-state index in [0.717, 1.165) is 47.0 Å². The number of aromatic nitrogens is 2. The number of benzene rings is 1. The zero-order valence-corrected chi connectivity index (χ0v) is 13.9. The molecule has 0 aliphatic carbocycles. The van der Waals surface area contributed by atoms with Gasteiger partial charge in [0.25, 0.3) is 5.91 Å². The standard InChI is InChI=1S/C16H18N4O2S/c1-3-4-12-15(23-19-18-12)16(22)17-11-6-7-13-10(9-11)5-8-14(21)20(13)2/h6-7,9H,3-5,8H2,1-2H3,(H,17,22). The predicted molar refractivity (Wildman–Crippen MR) is 90.0 cm³/mol. The molecule has 0 bridgehead atoms. The lowest BCUT2D eigenvalue weighted by atomic mass is 10.0. The number of rotatable bonds is 4. The van der Waals surface area contributed by atoms with Crippen molar-refractivity contribution >= 4 is 34.7 Å². The Morgan fingerprint density at radius 1 is 1.39 bits per heavy atom. The van der Waals surface area contributed by atoms with Gasteiger partial charge in [-0.2, -0.15) is 0 Å². The third-order valence-corrected chi connectivity index (χ3v) is 4.70. The lowest BCUT2D eigenvalue weighted by molar-refractivity contribution is -0.118. The molecular formula is C16H18N4O2S. The molecule has 120 valence electrons. The zero-order valence-electron chi connectivity index (χ0n) is 13.1. The van der Waals surface area contributed by atoms with Gasteiger partial charge in [0.15, 0.2) is 0 Å². The molecule has 0 atom stereocenters. The van der Waals surface area contributed by atoms with Gasteiger partial charge in [0.2, 0.25) is 5.91 Å². The lowest BCUT2D eigenvalue weighted by Gasteiger charge is -2.26. The Kier molecular flexibility index (Phi) is 4.38.